The van der Waals surface area contributed by atoms with Crippen LogP contribution in [0.5, 0.6) is 17.4 Å². The van der Waals surface area contributed by atoms with E-state index >= 15 is 0 Å². The van der Waals surface area contributed by atoms with Crippen LogP contribution in [-0.4, -0.2) is 71.6 Å². The summed E-state index contributed by atoms with van der Waals surface area (Å²) in [7, 11) is 1.60. The van der Waals surface area contributed by atoms with Crippen molar-refractivity contribution in [2.45, 2.75) is 19.9 Å². The number of carbonyl (C=O) groups excluding carboxylic acids is 1. The molecule has 1 aliphatic heterocycles. The first-order valence-electron chi connectivity index (χ1n) is 12.0. The predicted octanol–water partition coefficient (Wildman–Crippen LogP) is 3.63. The smallest absolute Gasteiger partial charge is 0.230 e. The van der Waals surface area contributed by atoms with Gasteiger partial charge in [0.05, 0.1) is 44.7 Å². The molecule has 1 aromatic heterocycles. The molecule has 1 saturated heterocycles. The number of carbonyl (C=O) groups is 1. The number of aromatic hydroxyl groups is 1. The normalized spacial score (nSPS) is 13.9. The summed E-state index contributed by atoms with van der Waals surface area (Å²) >= 11 is 5.78. The van der Waals surface area contributed by atoms with Gasteiger partial charge in [-0.1, -0.05) is 0 Å². The fourth-order valence-corrected chi connectivity index (χ4v) is 4.56. The van der Waals surface area contributed by atoms with E-state index in [2.05, 4.69) is 10.2 Å². The number of ether oxygens (including phenoxy) is 3. The van der Waals surface area contributed by atoms with Crippen molar-refractivity contribution in [3.63, 3.8) is 0 Å². The van der Waals surface area contributed by atoms with Crippen LogP contribution < -0.4 is 14.8 Å². The quantitative estimate of drug-likeness (QED) is 0.401. The van der Waals surface area contributed by atoms with Crippen molar-refractivity contribution in [1.82, 2.24) is 14.0 Å². The first-order valence-corrected chi connectivity index (χ1v) is 12.4. The highest BCUT2D eigenvalue weighted by atomic mass is 32.1. The molecule has 4 rings (SSSR count). The lowest BCUT2D eigenvalue weighted by Gasteiger charge is -2.26. The molecule has 1 aliphatic rings. The van der Waals surface area contributed by atoms with Crippen LogP contribution in [-0.2, 0) is 22.5 Å². The van der Waals surface area contributed by atoms with Gasteiger partial charge in [-0.25, -0.2) is 0 Å². The van der Waals surface area contributed by atoms with E-state index in [-0.39, 0.29) is 18.2 Å². The van der Waals surface area contributed by atoms with Crippen molar-refractivity contribution in [1.29, 1.82) is 0 Å². The predicted molar refractivity (Wildman–Crippen MR) is 140 cm³/mol. The number of methoxy groups -OCH3 is 1. The fourth-order valence-electron chi connectivity index (χ4n) is 4.17. The Labute approximate surface area is 215 Å². The zero-order valence-electron chi connectivity index (χ0n) is 20.6. The first-order chi connectivity index (χ1) is 17.5. The molecule has 2 heterocycles. The summed E-state index contributed by atoms with van der Waals surface area (Å²) in [5.41, 5.74) is 1.81. The van der Waals surface area contributed by atoms with E-state index in [0.717, 1.165) is 25.4 Å². The van der Waals surface area contributed by atoms with Crippen LogP contribution in [0.4, 0.5) is 5.69 Å². The standard InChI is InChI=1S/C26H32N4O5S/c1-3-35-22-8-4-19(5-9-22)27-24(31)18-23-25(32)30(20-6-10-21(33-2)11-7-20)26(36)29(23)13-12-28-14-16-34-17-15-28/h4-11,32H,3,12-18H2,1-2H3,(H,27,31). The molecule has 192 valence electrons. The molecule has 2 N–H and O–H groups in total. The summed E-state index contributed by atoms with van der Waals surface area (Å²) in [5.74, 6) is 1.14. The number of imidazole rings is 1. The van der Waals surface area contributed by atoms with E-state index in [9.17, 15) is 9.90 Å². The third-order valence-corrected chi connectivity index (χ3v) is 6.47. The van der Waals surface area contributed by atoms with Crippen LogP contribution >= 0.6 is 12.2 Å². The summed E-state index contributed by atoms with van der Waals surface area (Å²) < 4.78 is 20.0. The highest BCUT2D eigenvalue weighted by Gasteiger charge is 2.22. The van der Waals surface area contributed by atoms with Gasteiger partial charge in [0, 0.05) is 31.9 Å². The van der Waals surface area contributed by atoms with Gasteiger partial charge in [0.15, 0.2) is 4.77 Å². The maximum atomic E-state index is 13.0. The molecule has 0 unspecified atom stereocenters. The zero-order chi connectivity index (χ0) is 25.5. The number of benzene rings is 2. The van der Waals surface area contributed by atoms with Crippen LogP contribution in [0.15, 0.2) is 48.5 Å². The van der Waals surface area contributed by atoms with Gasteiger partial charge in [0.1, 0.15) is 11.5 Å². The first kappa shape index (κ1) is 25.7. The minimum Gasteiger partial charge on any atom is -0.497 e. The van der Waals surface area contributed by atoms with E-state index in [4.69, 9.17) is 26.4 Å². The number of rotatable bonds is 10. The Morgan fingerprint density at radius 3 is 2.36 bits per heavy atom. The molecule has 0 saturated carbocycles. The Morgan fingerprint density at radius 1 is 1.06 bits per heavy atom. The van der Waals surface area contributed by atoms with E-state index in [1.54, 1.807) is 48.1 Å². The Hall–Kier alpha value is -3.34. The van der Waals surface area contributed by atoms with E-state index in [0.29, 0.717) is 54.0 Å². The van der Waals surface area contributed by atoms with Crippen molar-refractivity contribution in [3.8, 4) is 23.1 Å². The van der Waals surface area contributed by atoms with Gasteiger partial charge in [-0.05, 0) is 67.7 Å². The van der Waals surface area contributed by atoms with Gasteiger partial charge in [-0.3, -0.25) is 14.3 Å². The topological polar surface area (TPSA) is 90.1 Å². The van der Waals surface area contributed by atoms with Gasteiger partial charge in [0.25, 0.3) is 0 Å². The number of morpholine rings is 1. The van der Waals surface area contributed by atoms with Crippen LogP contribution in [0.2, 0.25) is 0 Å². The largest absolute Gasteiger partial charge is 0.497 e. The monoisotopic (exact) mass is 512 g/mol. The number of anilines is 1. The minimum atomic E-state index is -0.253. The number of amides is 1. The van der Waals surface area contributed by atoms with Gasteiger partial charge >= 0.3 is 0 Å². The average molecular weight is 513 g/mol. The lowest BCUT2D eigenvalue weighted by molar-refractivity contribution is -0.115. The van der Waals surface area contributed by atoms with Gasteiger partial charge in [-0.2, -0.15) is 0 Å². The molecule has 0 spiro atoms. The van der Waals surface area contributed by atoms with Crippen LogP contribution in [0.25, 0.3) is 5.69 Å². The third-order valence-electron chi connectivity index (χ3n) is 6.07. The molecule has 0 radical (unpaired) electrons. The van der Waals surface area contributed by atoms with Gasteiger partial charge in [0.2, 0.25) is 11.8 Å². The zero-order valence-corrected chi connectivity index (χ0v) is 21.4. The Kier molecular flexibility index (Phi) is 8.63. The summed E-state index contributed by atoms with van der Waals surface area (Å²) in [6.45, 7) is 6.84. The maximum absolute atomic E-state index is 13.0. The van der Waals surface area contributed by atoms with E-state index in [1.807, 2.05) is 23.6 Å². The van der Waals surface area contributed by atoms with Crippen LogP contribution in [0.3, 0.4) is 0 Å². The van der Waals surface area contributed by atoms with Crippen molar-refractivity contribution < 1.29 is 24.1 Å². The molecule has 10 heteroatoms. The lowest BCUT2D eigenvalue weighted by atomic mass is 10.2. The van der Waals surface area contributed by atoms with Crippen molar-refractivity contribution in [3.05, 3.63) is 59.0 Å². The molecular weight excluding hydrogens is 480 g/mol. The molecule has 1 amide bonds. The number of nitrogens with zero attached hydrogens (tertiary/aromatic N) is 3. The summed E-state index contributed by atoms with van der Waals surface area (Å²) in [4.78, 5) is 15.3. The van der Waals surface area contributed by atoms with Crippen molar-refractivity contribution >= 4 is 23.8 Å². The molecule has 2 aromatic carbocycles. The number of hydrogen-bond acceptors (Lipinski definition) is 7. The fraction of sp³-hybridized carbons (Fsp3) is 0.385. The molecular formula is C26H32N4O5S. The van der Waals surface area contributed by atoms with E-state index < -0.39 is 0 Å². The Bertz CT molecular complexity index is 1210. The Balaban J connectivity index is 1.59. The van der Waals surface area contributed by atoms with E-state index in [1.165, 1.54) is 0 Å². The summed E-state index contributed by atoms with van der Waals surface area (Å²) in [6, 6.07) is 14.4. The highest BCUT2D eigenvalue weighted by molar-refractivity contribution is 7.71. The van der Waals surface area contributed by atoms with Crippen LogP contribution in [0, 0.1) is 4.77 Å². The second-order valence-corrected chi connectivity index (χ2v) is 8.74. The second kappa shape index (κ2) is 12.1. The molecule has 9 nitrogen and oxygen atoms in total. The molecule has 0 atom stereocenters. The van der Waals surface area contributed by atoms with Crippen molar-refractivity contribution in [2.24, 2.45) is 0 Å². The van der Waals surface area contributed by atoms with Gasteiger partial charge < -0.3 is 29.2 Å². The average Bonchev–Trinajstić information content (AvgIpc) is 3.13. The maximum Gasteiger partial charge on any atom is 0.230 e. The number of aromatic nitrogens is 2. The number of hydrogen-bond donors (Lipinski definition) is 2. The number of nitrogens with one attached hydrogen (secondary N) is 1. The molecule has 1 fully saturated rings. The van der Waals surface area contributed by atoms with Crippen LogP contribution in [0.1, 0.15) is 12.6 Å². The van der Waals surface area contributed by atoms with Gasteiger partial charge in [-0.15, -0.1) is 0 Å². The SMILES string of the molecule is CCOc1ccc(NC(=O)Cc2c(O)n(-c3ccc(OC)cc3)c(=S)n2CCN2CCOCC2)cc1. The molecule has 36 heavy (non-hydrogen) atoms. The summed E-state index contributed by atoms with van der Waals surface area (Å²) in [5, 5.41) is 14.1. The Morgan fingerprint density at radius 2 is 1.72 bits per heavy atom. The van der Waals surface area contributed by atoms with Crippen molar-refractivity contribution in [2.75, 3.05) is 51.9 Å². The summed E-state index contributed by atoms with van der Waals surface area (Å²) in [6.07, 6.45) is -0.0328. The highest BCUT2D eigenvalue weighted by Crippen LogP contribution is 2.28. The molecule has 3 aromatic rings. The minimum absolute atomic E-state index is 0.0328. The lowest BCUT2D eigenvalue weighted by Crippen LogP contribution is -2.38. The molecule has 0 aliphatic carbocycles. The molecule has 0 bridgehead atoms. The third kappa shape index (κ3) is 6.07. The second-order valence-electron chi connectivity index (χ2n) is 8.37.